The van der Waals surface area contributed by atoms with Crippen molar-refractivity contribution in [2.24, 2.45) is 46.3 Å². The zero-order chi connectivity index (χ0) is 16.7. The second-order valence-corrected chi connectivity index (χ2v) is 10.5. The Kier molecular flexibility index (Phi) is 3.36. The Morgan fingerprint density at radius 1 is 0.917 bits per heavy atom. The van der Waals surface area contributed by atoms with E-state index in [2.05, 4.69) is 6.92 Å². The summed E-state index contributed by atoms with van der Waals surface area (Å²) in [5, 5.41) is 10.1. The normalized spacial score (nSPS) is 58.7. The average Bonchev–Trinajstić information content (AvgIpc) is 3.00. The Balaban J connectivity index is 1.36. The Bertz CT molecular complexity index is 556. The van der Waals surface area contributed by atoms with Crippen LogP contribution in [-0.2, 0) is 4.79 Å². The summed E-state index contributed by atoms with van der Waals surface area (Å²) in [4.78, 5) is 12.2. The minimum absolute atomic E-state index is 0.0250. The van der Waals surface area contributed by atoms with Crippen molar-refractivity contribution in [1.29, 1.82) is 0 Å². The quantitative estimate of drug-likeness (QED) is 0.763. The van der Waals surface area contributed by atoms with Gasteiger partial charge in [-0.1, -0.05) is 6.92 Å². The highest BCUT2D eigenvalue weighted by Crippen LogP contribution is 2.67. The summed E-state index contributed by atoms with van der Waals surface area (Å²) in [5.74, 6) is 5.27. The largest absolute Gasteiger partial charge is 0.393 e. The van der Waals surface area contributed by atoms with Crippen LogP contribution in [0.1, 0.15) is 78.1 Å². The van der Waals surface area contributed by atoms with Gasteiger partial charge in [-0.15, -0.1) is 0 Å². The molecule has 5 fully saturated rings. The van der Waals surface area contributed by atoms with E-state index in [4.69, 9.17) is 0 Å². The van der Waals surface area contributed by atoms with E-state index in [1.165, 1.54) is 51.4 Å². The van der Waals surface area contributed by atoms with E-state index in [1.807, 2.05) is 6.92 Å². The van der Waals surface area contributed by atoms with Crippen molar-refractivity contribution in [2.75, 3.05) is 0 Å². The second-order valence-electron chi connectivity index (χ2n) is 10.5. The monoisotopic (exact) mass is 330 g/mol. The summed E-state index contributed by atoms with van der Waals surface area (Å²) < 4.78 is 0. The maximum absolute atomic E-state index is 12.2. The maximum atomic E-state index is 12.2. The third-order valence-electron chi connectivity index (χ3n) is 9.80. The summed E-state index contributed by atoms with van der Waals surface area (Å²) in [6.07, 6.45) is 13.0. The molecule has 0 heterocycles. The molecule has 0 saturated heterocycles. The highest BCUT2D eigenvalue weighted by Gasteiger charge is 2.61. The highest BCUT2D eigenvalue weighted by atomic mass is 16.3. The number of aliphatic hydroxyl groups excluding tert-OH is 1. The van der Waals surface area contributed by atoms with Gasteiger partial charge < -0.3 is 5.11 Å². The van der Waals surface area contributed by atoms with Gasteiger partial charge in [0.25, 0.3) is 0 Å². The van der Waals surface area contributed by atoms with E-state index in [0.29, 0.717) is 22.5 Å². The molecule has 134 valence electrons. The Morgan fingerprint density at radius 3 is 2.38 bits per heavy atom. The first-order chi connectivity index (χ1) is 11.4. The van der Waals surface area contributed by atoms with Gasteiger partial charge in [0.2, 0.25) is 0 Å². The summed E-state index contributed by atoms with van der Waals surface area (Å²) in [5.41, 5.74) is 0.659. The molecule has 2 unspecified atom stereocenters. The lowest BCUT2D eigenvalue weighted by Crippen LogP contribution is -2.49. The first-order valence-electron chi connectivity index (χ1n) is 10.6. The lowest BCUT2D eigenvalue weighted by Gasteiger charge is -2.56. The minimum Gasteiger partial charge on any atom is -0.393 e. The number of carbonyl (C=O) groups excluding carboxylic acids is 1. The smallest absolute Gasteiger partial charge is 0.133 e. The highest BCUT2D eigenvalue weighted by molar-refractivity contribution is 5.79. The zero-order valence-corrected chi connectivity index (χ0v) is 15.5. The predicted molar refractivity (Wildman–Crippen MR) is 94.3 cm³/mol. The molecule has 1 spiro atoms. The molecule has 0 aromatic carbocycles. The molecule has 0 aromatic heterocycles. The van der Waals surface area contributed by atoms with E-state index >= 15 is 0 Å². The second kappa shape index (κ2) is 5.09. The average molecular weight is 331 g/mol. The summed E-state index contributed by atoms with van der Waals surface area (Å²) in [7, 11) is 0. The van der Waals surface area contributed by atoms with Crippen LogP contribution in [0.25, 0.3) is 0 Å². The van der Waals surface area contributed by atoms with Gasteiger partial charge in [0.15, 0.2) is 0 Å². The molecular formula is C22H34O2. The van der Waals surface area contributed by atoms with Crippen LogP contribution in [0.4, 0.5) is 0 Å². The van der Waals surface area contributed by atoms with Gasteiger partial charge in [0, 0.05) is 5.92 Å². The number of ketones is 1. The van der Waals surface area contributed by atoms with Gasteiger partial charge in [0.05, 0.1) is 6.10 Å². The van der Waals surface area contributed by atoms with Crippen LogP contribution < -0.4 is 0 Å². The van der Waals surface area contributed by atoms with Crippen LogP contribution in [0.5, 0.6) is 0 Å². The van der Waals surface area contributed by atoms with Gasteiger partial charge >= 0.3 is 0 Å². The van der Waals surface area contributed by atoms with Gasteiger partial charge in [-0.2, -0.15) is 0 Å². The molecule has 5 aliphatic rings. The van der Waals surface area contributed by atoms with Crippen molar-refractivity contribution in [3.63, 3.8) is 0 Å². The first-order valence-corrected chi connectivity index (χ1v) is 10.6. The SMILES string of the molecule is CC(=O)[C@H]1CC[C@H]2[C@@H]3CC[C@H]4CC5(CC[C@@H]4[C@H]3CC[C@]12C)CC5O. The number of carbonyl (C=O) groups is 1. The molecule has 5 saturated carbocycles. The fourth-order valence-electron chi connectivity index (χ4n) is 8.50. The molecule has 0 amide bonds. The van der Waals surface area contributed by atoms with Crippen molar-refractivity contribution in [3.8, 4) is 0 Å². The fourth-order valence-corrected chi connectivity index (χ4v) is 8.50. The molecule has 5 rings (SSSR count). The maximum Gasteiger partial charge on any atom is 0.133 e. The zero-order valence-electron chi connectivity index (χ0n) is 15.5. The van der Waals surface area contributed by atoms with Crippen molar-refractivity contribution in [2.45, 2.75) is 84.2 Å². The van der Waals surface area contributed by atoms with Crippen LogP contribution in [0, 0.1) is 46.3 Å². The van der Waals surface area contributed by atoms with E-state index < -0.39 is 0 Å². The van der Waals surface area contributed by atoms with Gasteiger partial charge in [-0.25, -0.2) is 0 Å². The lowest BCUT2D eigenvalue weighted by molar-refractivity contribution is -0.128. The van der Waals surface area contributed by atoms with Crippen molar-refractivity contribution in [1.82, 2.24) is 0 Å². The van der Waals surface area contributed by atoms with E-state index in [0.717, 1.165) is 42.4 Å². The molecule has 0 radical (unpaired) electrons. The Morgan fingerprint density at radius 2 is 1.67 bits per heavy atom. The van der Waals surface area contributed by atoms with E-state index in [9.17, 15) is 9.90 Å². The Hall–Kier alpha value is -0.370. The number of aliphatic hydroxyl groups is 1. The molecule has 24 heavy (non-hydrogen) atoms. The van der Waals surface area contributed by atoms with Crippen molar-refractivity contribution >= 4 is 5.78 Å². The molecule has 2 heteroatoms. The van der Waals surface area contributed by atoms with E-state index in [1.54, 1.807) is 0 Å². The number of hydrogen-bond donors (Lipinski definition) is 1. The molecule has 0 bridgehead atoms. The van der Waals surface area contributed by atoms with Crippen LogP contribution >= 0.6 is 0 Å². The van der Waals surface area contributed by atoms with Crippen LogP contribution in [0.15, 0.2) is 0 Å². The van der Waals surface area contributed by atoms with Crippen LogP contribution in [0.2, 0.25) is 0 Å². The molecule has 0 aromatic rings. The summed E-state index contributed by atoms with van der Waals surface area (Å²) >= 11 is 0. The third kappa shape index (κ3) is 2.01. The molecular weight excluding hydrogens is 296 g/mol. The standard InChI is InChI=1S/C22H34O2/c1-13(23)18-5-6-19-17-4-3-14-11-22(12-20(22)24)10-8-15(14)16(17)7-9-21(18,19)2/h14-20,24H,3-12H2,1-2H3/t14-,15-,16+,17+,18+,19-,20?,21+,22?/m0/s1. The van der Waals surface area contributed by atoms with Gasteiger partial charge in [-0.05, 0) is 112 Å². The van der Waals surface area contributed by atoms with Crippen molar-refractivity contribution in [3.05, 3.63) is 0 Å². The predicted octanol–water partition coefficient (Wildman–Crippen LogP) is 4.60. The fraction of sp³-hybridized carbons (Fsp3) is 0.955. The summed E-state index contributed by atoms with van der Waals surface area (Å²) in [6, 6.07) is 0. The molecule has 9 atom stereocenters. The minimum atomic E-state index is 0.0250. The molecule has 5 aliphatic carbocycles. The van der Waals surface area contributed by atoms with Gasteiger partial charge in [0.1, 0.15) is 5.78 Å². The van der Waals surface area contributed by atoms with Crippen LogP contribution in [0.3, 0.4) is 0 Å². The number of fused-ring (bicyclic) bond motifs is 5. The molecule has 0 aliphatic heterocycles. The van der Waals surface area contributed by atoms with Crippen molar-refractivity contribution < 1.29 is 9.90 Å². The van der Waals surface area contributed by atoms with E-state index in [-0.39, 0.29) is 6.10 Å². The third-order valence-corrected chi connectivity index (χ3v) is 9.80. The Labute approximate surface area is 146 Å². The molecule has 1 N–H and O–H groups in total. The number of rotatable bonds is 1. The number of Topliss-reactive ketones (excluding diaryl/α,β-unsaturated/α-hetero) is 1. The first kappa shape index (κ1) is 15.9. The topological polar surface area (TPSA) is 37.3 Å². The van der Waals surface area contributed by atoms with Gasteiger partial charge in [-0.3, -0.25) is 4.79 Å². The summed E-state index contributed by atoms with van der Waals surface area (Å²) in [6.45, 7) is 4.29. The molecule has 2 nitrogen and oxygen atoms in total. The number of hydrogen-bond acceptors (Lipinski definition) is 2. The van der Waals surface area contributed by atoms with Crippen LogP contribution in [-0.4, -0.2) is 17.0 Å². The lowest BCUT2D eigenvalue weighted by atomic mass is 9.49.